The number of nitrogens with two attached hydrogens (primary N) is 1. The average molecular weight is 327 g/mol. The molecule has 0 saturated carbocycles. The van der Waals surface area contributed by atoms with E-state index < -0.39 is 6.04 Å². The topological polar surface area (TPSA) is 127 Å². The lowest BCUT2D eigenvalue weighted by atomic mass is 10.1. The van der Waals surface area contributed by atoms with Crippen molar-refractivity contribution < 1.29 is 9.32 Å². The Balaban J connectivity index is 1.61. The summed E-state index contributed by atoms with van der Waals surface area (Å²) in [5.74, 6) is 0.482. The highest BCUT2D eigenvalue weighted by atomic mass is 16.5. The molecule has 0 aliphatic rings. The molecule has 3 N–H and O–H groups in total. The molecule has 0 spiro atoms. The maximum atomic E-state index is 12.3. The summed E-state index contributed by atoms with van der Waals surface area (Å²) >= 11 is 0. The van der Waals surface area contributed by atoms with Crippen LogP contribution in [0.4, 0.5) is 0 Å². The quantitative estimate of drug-likeness (QED) is 0.670. The molecule has 1 amide bonds. The fourth-order valence-electron chi connectivity index (χ4n) is 2.20. The Morgan fingerprint density at radius 3 is 3.04 bits per heavy atom. The van der Waals surface area contributed by atoms with Crippen LogP contribution in [0.15, 0.2) is 41.4 Å². The molecule has 0 aromatic carbocycles. The summed E-state index contributed by atoms with van der Waals surface area (Å²) in [5.41, 5.74) is 7.36. The second kappa shape index (κ2) is 7.01. The van der Waals surface area contributed by atoms with Crippen LogP contribution in [-0.2, 0) is 17.8 Å². The number of aromatic nitrogens is 5. The third kappa shape index (κ3) is 3.63. The summed E-state index contributed by atoms with van der Waals surface area (Å²) in [6, 6.07) is 4.75. The first-order valence-corrected chi connectivity index (χ1v) is 7.35. The molecule has 0 radical (unpaired) electrons. The van der Waals surface area contributed by atoms with Crippen molar-refractivity contribution in [1.29, 1.82) is 0 Å². The Hall–Kier alpha value is -3.07. The number of aromatic amines is 1. The summed E-state index contributed by atoms with van der Waals surface area (Å²) in [6.45, 7) is 0.176. The molecule has 124 valence electrons. The maximum Gasteiger partial charge on any atom is 0.246 e. The molecule has 9 heteroatoms. The molecule has 0 saturated heterocycles. The van der Waals surface area contributed by atoms with Gasteiger partial charge in [0, 0.05) is 31.6 Å². The minimum absolute atomic E-state index is 0.176. The lowest BCUT2D eigenvalue weighted by Gasteiger charge is -2.19. The van der Waals surface area contributed by atoms with Gasteiger partial charge in [0.25, 0.3) is 0 Å². The van der Waals surface area contributed by atoms with Gasteiger partial charge in [-0.15, -0.1) is 0 Å². The van der Waals surface area contributed by atoms with E-state index in [2.05, 4.69) is 25.1 Å². The number of amides is 1. The zero-order valence-electron chi connectivity index (χ0n) is 13.1. The maximum absolute atomic E-state index is 12.3. The zero-order chi connectivity index (χ0) is 16.9. The lowest BCUT2D eigenvalue weighted by molar-refractivity contribution is -0.132. The molecule has 0 unspecified atom stereocenters. The Morgan fingerprint density at radius 2 is 2.33 bits per heavy atom. The van der Waals surface area contributed by atoms with Crippen molar-refractivity contribution in [2.45, 2.75) is 19.0 Å². The van der Waals surface area contributed by atoms with E-state index >= 15 is 0 Å². The number of likely N-dealkylation sites (N-methyl/N-ethyl adjacent to an activating group) is 1. The van der Waals surface area contributed by atoms with Crippen LogP contribution in [0.1, 0.15) is 11.6 Å². The highest BCUT2D eigenvalue weighted by molar-refractivity contribution is 5.81. The number of nitrogens with one attached hydrogen (secondary N) is 1. The Bertz CT molecular complexity index is 785. The van der Waals surface area contributed by atoms with Gasteiger partial charge in [0.2, 0.25) is 17.6 Å². The van der Waals surface area contributed by atoms with Gasteiger partial charge in [-0.2, -0.15) is 4.98 Å². The van der Waals surface area contributed by atoms with Gasteiger partial charge in [-0.3, -0.25) is 9.78 Å². The van der Waals surface area contributed by atoms with E-state index in [0.29, 0.717) is 23.8 Å². The van der Waals surface area contributed by atoms with Crippen LogP contribution in [0.3, 0.4) is 0 Å². The second-order valence-electron chi connectivity index (χ2n) is 5.31. The zero-order valence-corrected chi connectivity index (χ0v) is 13.1. The van der Waals surface area contributed by atoms with Gasteiger partial charge in [-0.25, -0.2) is 4.98 Å². The highest BCUT2D eigenvalue weighted by Gasteiger charge is 2.21. The summed E-state index contributed by atoms with van der Waals surface area (Å²) in [5, 5.41) is 3.87. The number of hydrogen-bond acceptors (Lipinski definition) is 7. The van der Waals surface area contributed by atoms with Crippen LogP contribution in [0.2, 0.25) is 0 Å². The first kappa shape index (κ1) is 15.8. The first-order chi connectivity index (χ1) is 11.6. The number of carbonyl (C=O) groups is 1. The largest absolute Gasteiger partial charge is 0.348 e. The van der Waals surface area contributed by atoms with Gasteiger partial charge >= 0.3 is 0 Å². The molecule has 3 rings (SSSR count). The first-order valence-electron chi connectivity index (χ1n) is 7.35. The third-order valence-electron chi connectivity index (χ3n) is 3.42. The van der Waals surface area contributed by atoms with Crippen molar-refractivity contribution in [3.8, 4) is 11.5 Å². The molecule has 9 nitrogen and oxygen atoms in total. The van der Waals surface area contributed by atoms with E-state index in [1.165, 1.54) is 4.90 Å². The summed E-state index contributed by atoms with van der Waals surface area (Å²) in [6.07, 6.45) is 5.22. The predicted octanol–water partition coefficient (Wildman–Crippen LogP) is 0.383. The molecule has 0 bridgehead atoms. The number of rotatable bonds is 6. The highest BCUT2D eigenvalue weighted by Crippen LogP contribution is 2.13. The monoisotopic (exact) mass is 327 g/mol. The number of imidazole rings is 1. The Morgan fingerprint density at radius 1 is 1.46 bits per heavy atom. The van der Waals surface area contributed by atoms with E-state index in [1.54, 1.807) is 37.9 Å². The molecular formula is C15H17N7O2. The fourth-order valence-corrected chi connectivity index (χ4v) is 2.20. The summed E-state index contributed by atoms with van der Waals surface area (Å²) in [4.78, 5) is 29.0. The van der Waals surface area contributed by atoms with Gasteiger partial charge in [-0.05, 0) is 12.1 Å². The van der Waals surface area contributed by atoms with Gasteiger partial charge in [0.05, 0.1) is 18.9 Å². The van der Waals surface area contributed by atoms with E-state index in [4.69, 9.17) is 10.3 Å². The summed E-state index contributed by atoms with van der Waals surface area (Å²) in [7, 11) is 1.64. The lowest BCUT2D eigenvalue weighted by Crippen LogP contribution is -2.42. The number of nitrogens with zero attached hydrogens (tertiary/aromatic N) is 5. The van der Waals surface area contributed by atoms with Crippen LogP contribution >= 0.6 is 0 Å². The average Bonchev–Trinajstić information content (AvgIpc) is 3.27. The number of carbonyl (C=O) groups excluding carboxylic acids is 1. The van der Waals surface area contributed by atoms with Gasteiger partial charge in [0.15, 0.2) is 0 Å². The van der Waals surface area contributed by atoms with Crippen molar-refractivity contribution in [3.05, 3.63) is 48.5 Å². The summed E-state index contributed by atoms with van der Waals surface area (Å²) < 4.78 is 5.17. The molecule has 3 heterocycles. The van der Waals surface area contributed by atoms with E-state index in [0.717, 1.165) is 5.69 Å². The number of H-pyrrole nitrogens is 1. The second-order valence-corrected chi connectivity index (χ2v) is 5.31. The molecule has 1 atom stereocenters. The smallest absolute Gasteiger partial charge is 0.246 e. The van der Waals surface area contributed by atoms with Crippen molar-refractivity contribution in [1.82, 2.24) is 30.0 Å². The van der Waals surface area contributed by atoms with Crippen LogP contribution in [0.25, 0.3) is 11.5 Å². The Labute approximate surface area is 137 Å². The van der Waals surface area contributed by atoms with Crippen LogP contribution in [0.5, 0.6) is 0 Å². The normalized spacial score (nSPS) is 12.1. The van der Waals surface area contributed by atoms with Crippen LogP contribution in [-0.4, -0.2) is 49.0 Å². The molecule has 0 fully saturated rings. The molecule has 3 aromatic heterocycles. The molecule has 3 aromatic rings. The van der Waals surface area contributed by atoms with Crippen molar-refractivity contribution in [2.75, 3.05) is 7.05 Å². The van der Waals surface area contributed by atoms with E-state index in [1.807, 2.05) is 6.07 Å². The minimum atomic E-state index is -0.673. The van der Waals surface area contributed by atoms with Gasteiger partial charge in [0.1, 0.15) is 5.69 Å². The number of hydrogen-bond donors (Lipinski definition) is 2. The Kier molecular flexibility index (Phi) is 4.62. The third-order valence-corrected chi connectivity index (χ3v) is 3.42. The SMILES string of the molecule is CN(Cc1nc(-c2ccccn2)no1)C(=O)[C@@H](N)Cc1cnc[nH]1. The standard InChI is InChI=1S/C15H17N7O2/c1-22(15(23)11(16)6-10-7-17-9-19-10)8-13-20-14(21-24-13)12-4-2-3-5-18-12/h2-5,7,9,11H,6,8,16H2,1H3,(H,17,19)/t11-/m0/s1. The van der Waals surface area contributed by atoms with Gasteiger partial charge in [-0.1, -0.05) is 11.2 Å². The fraction of sp³-hybridized carbons (Fsp3) is 0.267. The predicted molar refractivity (Wildman–Crippen MR) is 84.3 cm³/mol. The van der Waals surface area contributed by atoms with Crippen molar-refractivity contribution in [2.24, 2.45) is 5.73 Å². The minimum Gasteiger partial charge on any atom is -0.348 e. The van der Waals surface area contributed by atoms with Crippen LogP contribution in [0, 0.1) is 0 Å². The van der Waals surface area contributed by atoms with Crippen molar-refractivity contribution >= 4 is 5.91 Å². The molecule has 24 heavy (non-hydrogen) atoms. The molecular weight excluding hydrogens is 310 g/mol. The van der Waals surface area contributed by atoms with E-state index in [9.17, 15) is 4.79 Å². The van der Waals surface area contributed by atoms with Crippen molar-refractivity contribution in [3.63, 3.8) is 0 Å². The van der Waals surface area contributed by atoms with Crippen LogP contribution < -0.4 is 5.73 Å². The number of pyridine rings is 1. The van der Waals surface area contributed by atoms with E-state index in [-0.39, 0.29) is 12.5 Å². The molecule has 0 aliphatic heterocycles. The van der Waals surface area contributed by atoms with Gasteiger partial charge < -0.3 is 20.1 Å². The molecule has 0 aliphatic carbocycles.